The van der Waals surface area contributed by atoms with Crippen molar-refractivity contribution in [3.8, 4) is 0 Å². The number of aromatic nitrogens is 3. The molecule has 1 N–H and O–H groups in total. The number of anilines is 1. The minimum atomic E-state index is 0.728. The van der Waals surface area contributed by atoms with Crippen molar-refractivity contribution >= 4 is 28.0 Å². The van der Waals surface area contributed by atoms with Crippen molar-refractivity contribution in [2.45, 2.75) is 59.3 Å². The van der Waals surface area contributed by atoms with Crippen LogP contribution in [-0.4, -0.2) is 46.0 Å². The third-order valence-corrected chi connectivity index (χ3v) is 5.91. The monoisotopic (exact) mass is 381 g/mol. The molecule has 1 aliphatic rings. The van der Waals surface area contributed by atoms with Crippen molar-refractivity contribution in [1.29, 1.82) is 0 Å². The second-order valence-electron chi connectivity index (χ2n) is 7.61. The van der Waals surface area contributed by atoms with E-state index < -0.39 is 0 Å². The molecule has 0 spiro atoms. The van der Waals surface area contributed by atoms with E-state index in [-0.39, 0.29) is 0 Å². The largest absolute Gasteiger partial charge is 0.432 e. The zero-order valence-electron chi connectivity index (χ0n) is 17.3. The minimum absolute atomic E-state index is 0.728. The number of rotatable bonds is 8. The lowest BCUT2D eigenvalue weighted by Gasteiger charge is -2.19. The Morgan fingerprint density at radius 1 is 1.07 bits per heavy atom. The Morgan fingerprint density at radius 3 is 2.61 bits per heavy atom. The minimum Gasteiger partial charge on any atom is -0.432 e. The van der Waals surface area contributed by atoms with Crippen LogP contribution in [0.2, 0.25) is 0 Å². The highest BCUT2D eigenvalue weighted by Gasteiger charge is 2.24. The number of hydrogen-bond donors (Lipinski definition) is 1. The van der Waals surface area contributed by atoms with E-state index in [1.54, 1.807) is 6.33 Å². The van der Waals surface area contributed by atoms with Crippen molar-refractivity contribution < 1.29 is 4.42 Å². The van der Waals surface area contributed by atoms with E-state index in [0.29, 0.717) is 0 Å². The van der Waals surface area contributed by atoms with Gasteiger partial charge in [0.25, 0.3) is 0 Å². The lowest BCUT2D eigenvalue weighted by molar-refractivity contribution is 0.316. The first kappa shape index (κ1) is 19.1. The molecule has 3 heterocycles. The molecule has 0 saturated carbocycles. The molecule has 1 aliphatic carbocycles. The number of nitrogens with one attached hydrogen (secondary N) is 1. The molecule has 0 fully saturated rings. The van der Waals surface area contributed by atoms with Gasteiger partial charge in [0.2, 0.25) is 5.71 Å². The lowest BCUT2D eigenvalue weighted by Crippen LogP contribution is -2.28. The second kappa shape index (κ2) is 8.43. The summed E-state index contributed by atoms with van der Waals surface area (Å²) >= 11 is 0. The first-order valence-corrected chi connectivity index (χ1v) is 10.8. The predicted octanol–water partition coefficient (Wildman–Crippen LogP) is 4.36. The van der Waals surface area contributed by atoms with E-state index in [2.05, 4.69) is 41.0 Å². The quantitative estimate of drug-likeness (QED) is 0.625. The molecule has 0 unspecified atom stereocenters. The highest BCUT2D eigenvalue weighted by molar-refractivity contribution is 6.06. The maximum absolute atomic E-state index is 6.23. The summed E-state index contributed by atoms with van der Waals surface area (Å²) in [4.78, 5) is 16.4. The zero-order chi connectivity index (χ0) is 19.5. The van der Waals surface area contributed by atoms with Gasteiger partial charge < -0.3 is 14.6 Å². The molecule has 0 saturated heterocycles. The summed E-state index contributed by atoms with van der Waals surface area (Å²) in [5.41, 5.74) is 6.44. The molecule has 0 aliphatic heterocycles. The van der Waals surface area contributed by atoms with Gasteiger partial charge in [0, 0.05) is 18.8 Å². The molecule has 3 aromatic rings. The molecule has 6 nitrogen and oxygen atoms in total. The van der Waals surface area contributed by atoms with E-state index >= 15 is 0 Å². The summed E-state index contributed by atoms with van der Waals surface area (Å²) in [5, 5.41) is 4.56. The van der Waals surface area contributed by atoms with Crippen molar-refractivity contribution in [1.82, 2.24) is 19.9 Å². The molecule has 3 aromatic heterocycles. The van der Waals surface area contributed by atoms with Gasteiger partial charge in [0.05, 0.1) is 5.39 Å². The summed E-state index contributed by atoms with van der Waals surface area (Å²) in [6.45, 7) is 10.5. The summed E-state index contributed by atoms with van der Waals surface area (Å²) in [6.07, 6.45) is 8.45. The van der Waals surface area contributed by atoms with Crippen LogP contribution in [0.4, 0.5) is 5.82 Å². The number of furan rings is 1. The van der Waals surface area contributed by atoms with Gasteiger partial charge in [-0.3, -0.25) is 0 Å². The Hall–Kier alpha value is -2.21. The van der Waals surface area contributed by atoms with Gasteiger partial charge in [-0.25, -0.2) is 15.0 Å². The smallest absolute Gasteiger partial charge is 0.229 e. The van der Waals surface area contributed by atoms with Crippen LogP contribution in [0, 0.1) is 0 Å². The molecule has 0 radical (unpaired) electrons. The number of fused-ring (bicyclic) bond motifs is 5. The predicted molar refractivity (Wildman–Crippen MR) is 114 cm³/mol. The molecule has 0 amide bonds. The zero-order valence-corrected chi connectivity index (χ0v) is 17.3. The Kier molecular flexibility index (Phi) is 5.76. The van der Waals surface area contributed by atoms with Crippen LogP contribution in [-0.2, 0) is 19.3 Å². The van der Waals surface area contributed by atoms with Crippen molar-refractivity contribution in [3.63, 3.8) is 0 Å². The number of aryl methyl sites for hydroxylation is 2. The van der Waals surface area contributed by atoms with Gasteiger partial charge in [-0.15, -0.1) is 0 Å². The molecule has 6 heteroatoms. The van der Waals surface area contributed by atoms with Crippen molar-refractivity contribution in [3.05, 3.63) is 23.1 Å². The van der Waals surface area contributed by atoms with Crippen LogP contribution in [0.15, 0.2) is 10.7 Å². The highest BCUT2D eigenvalue weighted by Crippen LogP contribution is 2.37. The fraction of sp³-hybridized carbons (Fsp3) is 0.591. The fourth-order valence-corrected chi connectivity index (χ4v) is 4.38. The molecular weight excluding hydrogens is 350 g/mol. The van der Waals surface area contributed by atoms with Crippen molar-refractivity contribution in [2.24, 2.45) is 0 Å². The van der Waals surface area contributed by atoms with Crippen LogP contribution in [0.3, 0.4) is 0 Å². The number of hydrogen-bond acceptors (Lipinski definition) is 6. The van der Waals surface area contributed by atoms with E-state index in [1.165, 1.54) is 29.7 Å². The van der Waals surface area contributed by atoms with Gasteiger partial charge >= 0.3 is 0 Å². The van der Waals surface area contributed by atoms with Crippen LogP contribution >= 0.6 is 0 Å². The van der Waals surface area contributed by atoms with Crippen LogP contribution in [0.25, 0.3) is 22.2 Å². The van der Waals surface area contributed by atoms with E-state index in [1.807, 2.05) is 0 Å². The standard InChI is InChI=1S/C22H31N5O/c1-4-9-17-15-10-7-8-11-16(15)18-19-20(28-22(18)26-17)21(25-14-24-19)23-12-13-27(5-2)6-3/h14H,4-13H2,1-3H3,(H,23,24,25). The third kappa shape index (κ3) is 3.46. The van der Waals surface area contributed by atoms with Crippen molar-refractivity contribution in [2.75, 3.05) is 31.5 Å². The summed E-state index contributed by atoms with van der Waals surface area (Å²) in [5.74, 6) is 0.775. The lowest BCUT2D eigenvalue weighted by atomic mass is 9.88. The maximum Gasteiger partial charge on any atom is 0.229 e. The normalized spacial score (nSPS) is 14.1. The van der Waals surface area contributed by atoms with E-state index in [9.17, 15) is 0 Å². The molecule has 28 heavy (non-hydrogen) atoms. The molecule has 150 valence electrons. The first-order valence-electron chi connectivity index (χ1n) is 10.8. The first-order chi connectivity index (χ1) is 13.8. The maximum atomic E-state index is 6.23. The number of nitrogens with zero attached hydrogens (tertiary/aromatic N) is 4. The van der Waals surface area contributed by atoms with E-state index in [4.69, 9.17) is 9.40 Å². The topological polar surface area (TPSA) is 67.1 Å². The second-order valence-corrected chi connectivity index (χ2v) is 7.61. The summed E-state index contributed by atoms with van der Waals surface area (Å²) in [6, 6.07) is 0. The number of likely N-dealkylation sites (N-methyl/N-ethyl adjacent to an activating group) is 1. The molecule has 0 atom stereocenters. The molecule has 4 rings (SSSR count). The van der Waals surface area contributed by atoms with Gasteiger partial charge in [0.1, 0.15) is 11.8 Å². The average molecular weight is 382 g/mol. The third-order valence-electron chi connectivity index (χ3n) is 5.91. The molecular formula is C22H31N5O. The van der Waals surface area contributed by atoms with Gasteiger partial charge in [0.15, 0.2) is 11.4 Å². The SMILES string of the molecule is CCCc1nc2oc3c(NCCN(CC)CC)ncnc3c2c2c1CCCC2. The average Bonchev–Trinajstić information content (AvgIpc) is 3.11. The van der Waals surface area contributed by atoms with Gasteiger partial charge in [-0.2, -0.15) is 0 Å². The van der Waals surface area contributed by atoms with Gasteiger partial charge in [-0.1, -0.05) is 27.2 Å². The summed E-state index contributed by atoms with van der Waals surface area (Å²) < 4.78 is 6.23. The number of pyridine rings is 1. The molecule has 0 bridgehead atoms. The van der Waals surface area contributed by atoms with Gasteiger partial charge in [-0.05, 0) is 56.3 Å². The van der Waals surface area contributed by atoms with Crippen LogP contribution in [0.5, 0.6) is 0 Å². The van der Waals surface area contributed by atoms with Crippen LogP contribution < -0.4 is 5.32 Å². The Labute approximate surface area is 166 Å². The fourth-order valence-electron chi connectivity index (χ4n) is 4.38. The highest BCUT2D eigenvalue weighted by atomic mass is 16.3. The Morgan fingerprint density at radius 2 is 1.86 bits per heavy atom. The molecule has 0 aromatic carbocycles. The Balaban J connectivity index is 1.75. The van der Waals surface area contributed by atoms with Crippen LogP contribution in [0.1, 0.15) is 56.9 Å². The summed E-state index contributed by atoms with van der Waals surface area (Å²) in [7, 11) is 0. The van der Waals surface area contributed by atoms with E-state index in [0.717, 1.165) is 79.9 Å². The Bertz CT molecular complexity index is 961.